The first-order chi connectivity index (χ1) is 19.1. The zero-order valence-electron chi connectivity index (χ0n) is 20.3. The molecule has 0 atom stereocenters. The molecule has 1 saturated heterocycles. The molecular weight excluding hydrogens is 598 g/mol. The Morgan fingerprint density at radius 2 is 1.59 bits per heavy atom. The van der Waals surface area contributed by atoms with Gasteiger partial charge < -0.3 is 14.8 Å². The molecular formula is C26H16F6N2O5S2. The summed E-state index contributed by atoms with van der Waals surface area (Å²) in [6, 6.07) is 8.96. The fraction of sp³-hybridized carbons (Fsp3) is 0.154. The molecule has 0 aliphatic carbocycles. The molecule has 1 aliphatic rings. The minimum atomic E-state index is -5.03. The SMILES string of the molecule is O=C(CCN1C(=O)C(=Cc2ccc(-c3cc(C(F)(F)F)cc(C(F)(F)F)c3)o2)SC1=S)Nc1ccc(C(=O)O)cc1. The molecule has 0 radical (unpaired) electrons. The molecule has 2 amide bonds. The molecule has 1 fully saturated rings. The van der Waals surface area contributed by atoms with E-state index in [1.54, 1.807) is 0 Å². The number of carboxylic acid groups (broad SMARTS) is 1. The fourth-order valence-corrected chi connectivity index (χ4v) is 4.93. The van der Waals surface area contributed by atoms with Crippen LogP contribution in [0.25, 0.3) is 17.4 Å². The monoisotopic (exact) mass is 614 g/mol. The second kappa shape index (κ2) is 11.4. The minimum absolute atomic E-state index is 0.00795. The molecule has 2 heterocycles. The third-order valence-corrected chi connectivity index (χ3v) is 7.00. The summed E-state index contributed by atoms with van der Waals surface area (Å²) in [6.07, 6.45) is -8.96. The maximum Gasteiger partial charge on any atom is 0.416 e. The second-order valence-electron chi connectivity index (χ2n) is 8.51. The number of hydrogen-bond donors (Lipinski definition) is 2. The Balaban J connectivity index is 1.45. The van der Waals surface area contributed by atoms with Crippen molar-refractivity contribution in [2.45, 2.75) is 18.8 Å². The number of anilines is 1. The Morgan fingerprint density at radius 3 is 2.15 bits per heavy atom. The zero-order valence-corrected chi connectivity index (χ0v) is 21.9. The van der Waals surface area contributed by atoms with Gasteiger partial charge in [-0.25, -0.2) is 4.79 Å². The average molecular weight is 615 g/mol. The summed E-state index contributed by atoms with van der Waals surface area (Å²) in [7, 11) is 0. The number of benzene rings is 2. The van der Waals surface area contributed by atoms with Crippen LogP contribution in [0.3, 0.4) is 0 Å². The van der Waals surface area contributed by atoms with Crippen molar-refractivity contribution in [3.63, 3.8) is 0 Å². The molecule has 2 aromatic carbocycles. The molecule has 41 heavy (non-hydrogen) atoms. The van der Waals surface area contributed by atoms with Crippen LogP contribution in [0, 0.1) is 0 Å². The Hall–Kier alpha value is -4.11. The van der Waals surface area contributed by atoms with Gasteiger partial charge in [0.1, 0.15) is 15.8 Å². The Labute approximate surface area is 236 Å². The number of hydrogen-bond acceptors (Lipinski definition) is 6. The van der Waals surface area contributed by atoms with E-state index < -0.39 is 46.8 Å². The lowest BCUT2D eigenvalue weighted by Crippen LogP contribution is -2.31. The quantitative estimate of drug-likeness (QED) is 0.170. The summed E-state index contributed by atoms with van der Waals surface area (Å²) in [4.78, 5) is 37.3. The Bertz CT molecular complexity index is 1530. The highest BCUT2D eigenvalue weighted by Crippen LogP contribution is 2.39. The van der Waals surface area contributed by atoms with Crippen LogP contribution in [0.2, 0.25) is 0 Å². The fourth-order valence-electron chi connectivity index (χ4n) is 3.64. The summed E-state index contributed by atoms with van der Waals surface area (Å²) < 4.78 is 84.7. The molecule has 1 aromatic heterocycles. The number of nitrogens with one attached hydrogen (secondary N) is 1. The van der Waals surface area contributed by atoms with Gasteiger partial charge in [-0.2, -0.15) is 26.3 Å². The van der Waals surface area contributed by atoms with Crippen LogP contribution in [-0.2, 0) is 21.9 Å². The van der Waals surface area contributed by atoms with Crippen molar-refractivity contribution in [2.24, 2.45) is 0 Å². The number of carbonyl (C=O) groups excluding carboxylic acids is 2. The number of nitrogens with zero attached hydrogens (tertiary/aromatic N) is 1. The molecule has 2 N–H and O–H groups in total. The van der Waals surface area contributed by atoms with Gasteiger partial charge in [-0.1, -0.05) is 24.0 Å². The largest absolute Gasteiger partial charge is 0.478 e. The van der Waals surface area contributed by atoms with Gasteiger partial charge in [-0.15, -0.1) is 0 Å². The number of amides is 2. The highest BCUT2D eigenvalue weighted by molar-refractivity contribution is 8.26. The first-order valence-electron chi connectivity index (χ1n) is 11.4. The predicted molar refractivity (Wildman–Crippen MR) is 141 cm³/mol. The van der Waals surface area contributed by atoms with Gasteiger partial charge in [-0.05, 0) is 54.6 Å². The minimum Gasteiger partial charge on any atom is -0.478 e. The molecule has 7 nitrogen and oxygen atoms in total. The molecule has 1 aliphatic heterocycles. The first-order valence-corrected chi connectivity index (χ1v) is 12.6. The molecule has 0 bridgehead atoms. The Morgan fingerprint density at radius 1 is 0.976 bits per heavy atom. The number of aromatic carboxylic acids is 1. The zero-order chi connectivity index (χ0) is 30.1. The topological polar surface area (TPSA) is 99.9 Å². The summed E-state index contributed by atoms with van der Waals surface area (Å²) >= 11 is 6.08. The van der Waals surface area contributed by atoms with E-state index >= 15 is 0 Å². The lowest BCUT2D eigenvalue weighted by molar-refractivity contribution is -0.143. The van der Waals surface area contributed by atoms with Gasteiger partial charge >= 0.3 is 18.3 Å². The number of thioether (sulfide) groups is 1. The molecule has 214 valence electrons. The van der Waals surface area contributed by atoms with Crippen molar-refractivity contribution in [2.75, 3.05) is 11.9 Å². The molecule has 0 unspecified atom stereocenters. The lowest BCUT2D eigenvalue weighted by atomic mass is 10.0. The molecule has 0 spiro atoms. The first kappa shape index (κ1) is 29.9. The molecule has 0 saturated carbocycles. The summed E-state index contributed by atoms with van der Waals surface area (Å²) in [5.74, 6) is -2.47. The smallest absolute Gasteiger partial charge is 0.416 e. The predicted octanol–water partition coefficient (Wildman–Crippen LogP) is 6.91. The second-order valence-corrected chi connectivity index (χ2v) is 10.2. The number of alkyl halides is 6. The van der Waals surface area contributed by atoms with Crippen LogP contribution in [0.5, 0.6) is 0 Å². The number of thiocarbonyl (C=S) groups is 1. The van der Waals surface area contributed by atoms with E-state index in [1.165, 1.54) is 42.5 Å². The van der Waals surface area contributed by atoms with E-state index in [2.05, 4.69) is 5.32 Å². The van der Waals surface area contributed by atoms with Crippen LogP contribution < -0.4 is 5.32 Å². The third kappa shape index (κ3) is 7.16. The standard InChI is InChI=1S/C26H16F6N2O5S2/c27-25(28,29)15-9-14(10-16(11-15)26(30,31)32)19-6-5-18(39-19)12-20-22(36)34(24(40)41-20)8-7-21(35)33-17-3-1-13(2-4-17)23(37)38/h1-6,9-12H,7-8H2,(H,33,35)(H,37,38). The number of carbonyl (C=O) groups is 3. The maximum absolute atomic E-state index is 13.2. The summed E-state index contributed by atoms with van der Waals surface area (Å²) in [5.41, 5.74) is -3.06. The highest BCUT2D eigenvalue weighted by atomic mass is 32.2. The third-order valence-electron chi connectivity index (χ3n) is 5.62. The van der Waals surface area contributed by atoms with Crippen molar-refractivity contribution < 1.29 is 50.2 Å². The normalized spacial score (nSPS) is 15.1. The highest BCUT2D eigenvalue weighted by Gasteiger charge is 2.37. The lowest BCUT2D eigenvalue weighted by Gasteiger charge is -2.14. The number of carboxylic acids is 1. The average Bonchev–Trinajstić information content (AvgIpc) is 3.46. The van der Waals surface area contributed by atoms with Crippen molar-refractivity contribution in [3.05, 3.63) is 82.0 Å². The van der Waals surface area contributed by atoms with E-state index in [9.17, 15) is 40.7 Å². The maximum atomic E-state index is 13.2. The van der Waals surface area contributed by atoms with Crippen molar-refractivity contribution in [1.82, 2.24) is 4.90 Å². The van der Waals surface area contributed by atoms with Gasteiger partial charge in [0.2, 0.25) is 5.91 Å². The van der Waals surface area contributed by atoms with E-state index in [0.717, 1.165) is 16.7 Å². The van der Waals surface area contributed by atoms with E-state index in [1.807, 2.05) is 0 Å². The number of halogens is 6. The molecule has 15 heteroatoms. The van der Waals surface area contributed by atoms with Crippen molar-refractivity contribution in [3.8, 4) is 11.3 Å². The van der Waals surface area contributed by atoms with Gasteiger partial charge in [-0.3, -0.25) is 14.5 Å². The summed E-state index contributed by atoms with van der Waals surface area (Å²) in [6.45, 7) is -0.0884. The van der Waals surface area contributed by atoms with E-state index in [4.69, 9.17) is 21.7 Å². The molecule has 3 aromatic rings. The van der Waals surface area contributed by atoms with Gasteiger partial charge in [0.25, 0.3) is 5.91 Å². The molecule has 4 rings (SSSR count). The summed E-state index contributed by atoms with van der Waals surface area (Å²) in [5, 5.41) is 11.5. The van der Waals surface area contributed by atoms with Crippen molar-refractivity contribution >= 4 is 57.8 Å². The van der Waals surface area contributed by atoms with Gasteiger partial charge in [0.05, 0.1) is 21.6 Å². The van der Waals surface area contributed by atoms with Crippen LogP contribution in [0.1, 0.15) is 33.7 Å². The Kier molecular flexibility index (Phi) is 8.31. The van der Waals surface area contributed by atoms with Crippen LogP contribution in [-0.4, -0.2) is 38.7 Å². The van der Waals surface area contributed by atoms with Gasteiger partial charge in [0.15, 0.2) is 0 Å². The van der Waals surface area contributed by atoms with Crippen LogP contribution >= 0.6 is 24.0 Å². The van der Waals surface area contributed by atoms with Gasteiger partial charge in [0, 0.05) is 30.3 Å². The van der Waals surface area contributed by atoms with E-state index in [0.29, 0.717) is 17.8 Å². The van der Waals surface area contributed by atoms with Crippen LogP contribution in [0.15, 0.2) is 63.9 Å². The van der Waals surface area contributed by atoms with E-state index in [-0.39, 0.29) is 45.3 Å². The van der Waals surface area contributed by atoms with Crippen molar-refractivity contribution in [1.29, 1.82) is 0 Å². The number of furan rings is 1. The van der Waals surface area contributed by atoms with Crippen LogP contribution in [0.4, 0.5) is 32.0 Å². The number of rotatable bonds is 7.